The van der Waals surface area contributed by atoms with Crippen LogP contribution in [0.1, 0.15) is 26.7 Å². The lowest BCUT2D eigenvalue weighted by Crippen LogP contribution is -2.51. The normalized spacial score (nSPS) is 11.1. The molecule has 0 aromatic heterocycles. The van der Waals surface area contributed by atoms with Crippen LogP contribution in [0.4, 0.5) is 5.69 Å². The van der Waals surface area contributed by atoms with Crippen molar-refractivity contribution in [2.45, 2.75) is 32.9 Å². The fourth-order valence-corrected chi connectivity index (χ4v) is 2.12. The largest absolute Gasteiger partial charge is 0.494 e. The Balaban J connectivity index is 2.55. The van der Waals surface area contributed by atoms with Crippen molar-refractivity contribution >= 4 is 29.4 Å². The van der Waals surface area contributed by atoms with E-state index in [9.17, 15) is 19.2 Å². The summed E-state index contributed by atoms with van der Waals surface area (Å²) in [5, 5.41) is 19.2. The second-order valence-electron chi connectivity index (χ2n) is 5.92. The molecule has 0 aliphatic rings. The van der Waals surface area contributed by atoms with Crippen LogP contribution in [0, 0.1) is 0 Å². The number of aliphatic carboxylic acids is 1. The molecule has 10 nitrogen and oxygen atoms in total. The van der Waals surface area contributed by atoms with Gasteiger partial charge in [-0.1, -0.05) is 0 Å². The maximum Gasteiger partial charge on any atom is 0.303 e. The minimum Gasteiger partial charge on any atom is -0.494 e. The number of nitrogens with one attached hydrogen (secondary N) is 4. The van der Waals surface area contributed by atoms with E-state index in [0.717, 1.165) is 0 Å². The molecule has 1 aromatic carbocycles. The van der Waals surface area contributed by atoms with Crippen LogP contribution in [0.3, 0.4) is 0 Å². The van der Waals surface area contributed by atoms with E-state index in [1.54, 1.807) is 24.3 Å². The van der Waals surface area contributed by atoms with Crippen molar-refractivity contribution in [3.63, 3.8) is 0 Å². The van der Waals surface area contributed by atoms with Crippen molar-refractivity contribution < 1.29 is 29.0 Å². The smallest absolute Gasteiger partial charge is 0.303 e. The van der Waals surface area contributed by atoms with Crippen LogP contribution >= 0.6 is 0 Å². The van der Waals surface area contributed by atoms with E-state index in [4.69, 9.17) is 9.84 Å². The molecule has 0 spiro atoms. The monoisotopic (exact) mass is 394 g/mol. The molecule has 154 valence electrons. The number of hydrogen-bond donors (Lipinski definition) is 5. The van der Waals surface area contributed by atoms with Gasteiger partial charge in [0.1, 0.15) is 5.75 Å². The SMILES string of the molecule is CC(=O)NCCNC(=O)C(NC(C)=O)Nc1ccc(OCCCC(=O)O)cc1. The molecule has 0 aliphatic heterocycles. The van der Waals surface area contributed by atoms with Crippen molar-refractivity contribution in [1.82, 2.24) is 16.0 Å². The quantitative estimate of drug-likeness (QED) is 0.249. The molecule has 0 saturated carbocycles. The zero-order valence-electron chi connectivity index (χ0n) is 15.9. The standard InChI is InChI=1S/C18H26N4O6/c1-12(23)19-9-10-20-18(27)17(21-13(2)24)22-14-5-7-15(8-6-14)28-11-3-4-16(25)26/h5-8,17,22H,3-4,9-11H2,1-2H3,(H,19,23)(H,20,27)(H,21,24)(H,25,26). The summed E-state index contributed by atoms with van der Waals surface area (Å²) in [6, 6.07) is 6.68. The maximum atomic E-state index is 12.3. The average Bonchev–Trinajstić information content (AvgIpc) is 2.62. The van der Waals surface area contributed by atoms with E-state index in [2.05, 4.69) is 21.3 Å². The van der Waals surface area contributed by atoms with Gasteiger partial charge in [-0.25, -0.2) is 0 Å². The van der Waals surface area contributed by atoms with E-state index in [1.807, 2.05) is 0 Å². The molecule has 1 atom stereocenters. The summed E-state index contributed by atoms with van der Waals surface area (Å²) in [5.41, 5.74) is 0.577. The van der Waals surface area contributed by atoms with Gasteiger partial charge in [0.2, 0.25) is 11.8 Å². The van der Waals surface area contributed by atoms with Crippen LogP contribution < -0.4 is 26.0 Å². The van der Waals surface area contributed by atoms with Crippen LogP contribution in [-0.4, -0.2) is 54.7 Å². The van der Waals surface area contributed by atoms with Gasteiger partial charge >= 0.3 is 5.97 Å². The van der Waals surface area contributed by atoms with Crippen LogP contribution in [0.5, 0.6) is 5.75 Å². The Morgan fingerprint density at radius 1 is 1.00 bits per heavy atom. The average molecular weight is 394 g/mol. The van der Waals surface area contributed by atoms with Crippen LogP contribution in [0.25, 0.3) is 0 Å². The minimum absolute atomic E-state index is 0.0368. The number of amides is 3. The Morgan fingerprint density at radius 3 is 2.21 bits per heavy atom. The zero-order valence-corrected chi connectivity index (χ0v) is 15.9. The highest BCUT2D eigenvalue weighted by molar-refractivity contribution is 5.88. The molecule has 28 heavy (non-hydrogen) atoms. The Labute approximate surface area is 163 Å². The Hall–Kier alpha value is -3.30. The molecule has 1 unspecified atom stereocenters. The van der Waals surface area contributed by atoms with Crippen LogP contribution in [-0.2, 0) is 19.2 Å². The Bertz CT molecular complexity index is 677. The van der Waals surface area contributed by atoms with Gasteiger partial charge in [0.05, 0.1) is 6.61 Å². The summed E-state index contributed by atoms with van der Waals surface area (Å²) in [6.45, 7) is 3.46. The number of rotatable bonds is 12. The Kier molecular flexibility index (Phi) is 9.87. The molecule has 1 aromatic rings. The third kappa shape index (κ3) is 10.00. The molecule has 1 rings (SSSR count). The van der Waals surface area contributed by atoms with Gasteiger partial charge in [-0.15, -0.1) is 0 Å². The van der Waals surface area contributed by atoms with E-state index in [-0.39, 0.29) is 37.9 Å². The van der Waals surface area contributed by atoms with Gasteiger partial charge in [0.15, 0.2) is 6.17 Å². The number of ether oxygens (including phenoxy) is 1. The molecule has 0 radical (unpaired) electrons. The first-order valence-corrected chi connectivity index (χ1v) is 8.78. The number of carbonyl (C=O) groups excluding carboxylic acids is 3. The van der Waals surface area contributed by atoms with E-state index in [0.29, 0.717) is 17.9 Å². The fraction of sp³-hybridized carbons (Fsp3) is 0.444. The number of benzene rings is 1. The van der Waals surface area contributed by atoms with Crippen molar-refractivity contribution in [2.24, 2.45) is 0 Å². The number of carboxylic acid groups (broad SMARTS) is 1. The second kappa shape index (κ2) is 12.2. The molecule has 3 amide bonds. The van der Waals surface area contributed by atoms with Crippen molar-refractivity contribution in [3.05, 3.63) is 24.3 Å². The van der Waals surface area contributed by atoms with Crippen molar-refractivity contribution in [2.75, 3.05) is 25.0 Å². The summed E-state index contributed by atoms with van der Waals surface area (Å²) in [5.74, 6) is -1.34. The minimum atomic E-state index is -0.989. The van der Waals surface area contributed by atoms with Gasteiger partial charge in [-0.05, 0) is 30.7 Å². The zero-order chi connectivity index (χ0) is 20.9. The van der Waals surface area contributed by atoms with Crippen molar-refractivity contribution in [1.29, 1.82) is 0 Å². The molecule has 0 bridgehead atoms. The topological polar surface area (TPSA) is 146 Å². The van der Waals surface area contributed by atoms with Crippen LogP contribution in [0.2, 0.25) is 0 Å². The molecule has 0 fully saturated rings. The molecular weight excluding hydrogens is 368 g/mol. The van der Waals surface area contributed by atoms with Crippen LogP contribution in [0.15, 0.2) is 24.3 Å². The highest BCUT2D eigenvalue weighted by Crippen LogP contribution is 2.16. The summed E-state index contributed by atoms with van der Waals surface area (Å²) in [4.78, 5) is 44.9. The summed E-state index contributed by atoms with van der Waals surface area (Å²) >= 11 is 0. The first kappa shape index (κ1) is 22.7. The first-order valence-electron chi connectivity index (χ1n) is 8.78. The number of carbonyl (C=O) groups is 4. The highest BCUT2D eigenvalue weighted by atomic mass is 16.5. The molecule has 5 N–H and O–H groups in total. The first-order chi connectivity index (χ1) is 13.3. The van der Waals surface area contributed by atoms with Crippen molar-refractivity contribution in [3.8, 4) is 5.75 Å². The molecule has 10 heteroatoms. The summed E-state index contributed by atoms with van der Waals surface area (Å²) < 4.78 is 5.44. The van der Waals surface area contributed by atoms with Gasteiger partial charge in [0.25, 0.3) is 5.91 Å². The van der Waals surface area contributed by atoms with E-state index < -0.39 is 18.0 Å². The molecular formula is C18H26N4O6. The second-order valence-corrected chi connectivity index (χ2v) is 5.92. The lowest BCUT2D eigenvalue weighted by atomic mass is 10.2. The number of carboxylic acids is 1. The number of anilines is 1. The molecule has 0 saturated heterocycles. The predicted octanol–water partition coefficient (Wildman–Crippen LogP) is 0.0566. The third-order valence-electron chi connectivity index (χ3n) is 3.38. The van der Waals surface area contributed by atoms with Gasteiger partial charge in [-0.3, -0.25) is 19.2 Å². The summed E-state index contributed by atoms with van der Waals surface area (Å²) in [7, 11) is 0. The van der Waals surface area contributed by atoms with Gasteiger partial charge in [-0.2, -0.15) is 0 Å². The van der Waals surface area contributed by atoms with Gasteiger partial charge < -0.3 is 31.1 Å². The predicted molar refractivity (Wildman–Crippen MR) is 102 cm³/mol. The van der Waals surface area contributed by atoms with Gasteiger partial charge in [0, 0.05) is 39.0 Å². The summed E-state index contributed by atoms with van der Waals surface area (Å²) in [6.07, 6.45) is -0.551. The van der Waals surface area contributed by atoms with E-state index in [1.165, 1.54) is 13.8 Å². The van der Waals surface area contributed by atoms with E-state index >= 15 is 0 Å². The highest BCUT2D eigenvalue weighted by Gasteiger charge is 2.18. The Morgan fingerprint density at radius 2 is 1.64 bits per heavy atom. The lowest BCUT2D eigenvalue weighted by molar-refractivity contribution is -0.137. The lowest BCUT2D eigenvalue weighted by Gasteiger charge is -2.20. The fourth-order valence-electron chi connectivity index (χ4n) is 2.12. The molecule has 0 heterocycles. The third-order valence-corrected chi connectivity index (χ3v) is 3.38. The maximum absolute atomic E-state index is 12.3. The molecule has 0 aliphatic carbocycles. The number of hydrogen-bond acceptors (Lipinski definition) is 6.